The molecule has 1 amide bonds. The van der Waals surface area contributed by atoms with Crippen LogP contribution >= 0.6 is 0 Å². The van der Waals surface area contributed by atoms with Crippen molar-refractivity contribution in [3.8, 4) is 5.75 Å². The average Bonchev–Trinajstić information content (AvgIpc) is 2.41. The highest BCUT2D eigenvalue weighted by Crippen LogP contribution is 2.28. The molecule has 0 aromatic heterocycles. The first-order valence-corrected chi connectivity index (χ1v) is 7.11. The van der Waals surface area contributed by atoms with Crippen molar-refractivity contribution in [2.24, 2.45) is 5.92 Å². The van der Waals surface area contributed by atoms with Crippen molar-refractivity contribution in [1.82, 2.24) is 5.32 Å². The van der Waals surface area contributed by atoms with E-state index in [1.807, 2.05) is 13.8 Å². The lowest BCUT2D eigenvalue weighted by Gasteiger charge is -2.18. The van der Waals surface area contributed by atoms with Gasteiger partial charge in [-0.1, -0.05) is 13.8 Å². The van der Waals surface area contributed by atoms with Gasteiger partial charge in [-0.3, -0.25) is 4.79 Å². The van der Waals surface area contributed by atoms with E-state index >= 15 is 0 Å². The minimum atomic E-state index is -0.517. The summed E-state index contributed by atoms with van der Waals surface area (Å²) in [5.41, 5.74) is 6.48. The second-order valence-electron chi connectivity index (χ2n) is 5.31. The Morgan fingerprint density at radius 3 is 2.62 bits per heavy atom. The Bertz CT molecular complexity index is 492. The highest BCUT2D eigenvalue weighted by atomic mass is 19.1. The van der Waals surface area contributed by atoms with Crippen LogP contribution in [0.5, 0.6) is 5.75 Å². The van der Waals surface area contributed by atoms with Crippen LogP contribution in [0.3, 0.4) is 0 Å². The Morgan fingerprint density at radius 2 is 2.05 bits per heavy atom. The molecule has 1 atom stereocenters. The summed E-state index contributed by atoms with van der Waals surface area (Å²) >= 11 is 0. The summed E-state index contributed by atoms with van der Waals surface area (Å²) in [6.45, 7) is 8.48. The second kappa shape index (κ2) is 7.71. The Labute approximate surface area is 125 Å². The van der Waals surface area contributed by atoms with E-state index in [4.69, 9.17) is 10.5 Å². The van der Waals surface area contributed by atoms with E-state index in [0.29, 0.717) is 24.8 Å². The molecular weight excluding hydrogens is 273 g/mol. The summed E-state index contributed by atoms with van der Waals surface area (Å²) in [5.74, 6) is -0.159. The predicted octanol–water partition coefficient (Wildman–Crippen LogP) is 2.38. The fourth-order valence-corrected chi connectivity index (χ4v) is 1.72. The fraction of sp³-hybridized carbons (Fsp3) is 0.533. The van der Waals surface area contributed by atoms with E-state index in [2.05, 4.69) is 10.6 Å². The minimum absolute atomic E-state index is 0.115. The van der Waals surface area contributed by atoms with Crippen molar-refractivity contribution in [1.29, 1.82) is 0 Å². The van der Waals surface area contributed by atoms with E-state index in [9.17, 15) is 9.18 Å². The molecule has 0 saturated heterocycles. The zero-order valence-corrected chi connectivity index (χ0v) is 13.0. The number of benzene rings is 1. The minimum Gasteiger partial charge on any atom is -0.491 e. The van der Waals surface area contributed by atoms with Gasteiger partial charge in [0, 0.05) is 18.7 Å². The summed E-state index contributed by atoms with van der Waals surface area (Å²) in [6, 6.07) is 2.18. The van der Waals surface area contributed by atoms with Crippen LogP contribution < -0.4 is 21.1 Å². The van der Waals surface area contributed by atoms with Crippen molar-refractivity contribution < 1.29 is 13.9 Å². The van der Waals surface area contributed by atoms with Crippen LogP contribution in [0.2, 0.25) is 0 Å². The van der Waals surface area contributed by atoms with E-state index in [-0.39, 0.29) is 17.3 Å². The monoisotopic (exact) mass is 297 g/mol. The second-order valence-corrected chi connectivity index (χ2v) is 5.31. The predicted molar refractivity (Wildman–Crippen MR) is 82.9 cm³/mol. The Balaban J connectivity index is 2.77. The van der Waals surface area contributed by atoms with E-state index in [0.717, 1.165) is 0 Å². The lowest BCUT2D eigenvalue weighted by Crippen LogP contribution is -2.39. The quantitative estimate of drug-likeness (QED) is 0.675. The summed E-state index contributed by atoms with van der Waals surface area (Å²) in [7, 11) is 0. The first-order chi connectivity index (χ1) is 9.85. The van der Waals surface area contributed by atoms with Gasteiger partial charge in [0.25, 0.3) is 0 Å². The van der Waals surface area contributed by atoms with Gasteiger partial charge >= 0.3 is 0 Å². The van der Waals surface area contributed by atoms with E-state index < -0.39 is 11.9 Å². The van der Waals surface area contributed by atoms with Crippen LogP contribution in [0, 0.1) is 11.7 Å². The molecule has 0 bridgehead atoms. The van der Waals surface area contributed by atoms with Gasteiger partial charge in [-0.05, 0) is 19.8 Å². The first-order valence-electron chi connectivity index (χ1n) is 7.11. The third-order valence-electron chi connectivity index (χ3n) is 2.85. The standard InChI is InChI=1S/C15H24FN3O2/c1-5-21-14-7-13(12(17)6-11(14)16)19-10(4)15(20)18-8-9(2)3/h6-7,9-10,19H,5,8,17H2,1-4H3,(H,18,20). The highest BCUT2D eigenvalue weighted by molar-refractivity contribution is 5.85. The largest absolute Gasteiger partial charge is 0.491 e. The van der Waals surface area contributed by atoms with Crippen LogP contribution in [0.1, 0.15) is 27.7 Å². The summed E-state index contributed by atoms with van der Waals surface area (Å²) in [6.07, 6.45) is 0. The summed E-state index contributed by atoms with van der Waals surface area (Å²) < 4.78 is 18.8. The molecule has 4 N–H and O–H groups in total. The number of hydrogen-bond acceptors (Lipinski definition) is 4. The molecule has 1 unspecified atom stereocenters. The van der Waals surface area contributed by atoms with Gasteiger partial charge in [-0.25, -0.2) is 4.39 Å². The Morgan fingerprint density at radius 1 is 1.38 bits per heavy atom. The van der Waals surface area contributed by atoms with Crippen LogP contribution in [0.25, 0.3) is 0 Å². The van der Waals surface area contributed by atoms with Crippen molar-refractivity contribution in [2.45, 2.75) is 33.7 Å². The Kier molecular flexibility index (Phi) is 6.27. The van der Waals surface area contributed by atoms with E-state index in [1.54, 1.807) is 13.8 Å². The number of nitrogen functional groups attached to an aromatic ring is 1. The first kappa shape index (κ1) is 17.1. The van der Waals surface area contributed by atoms with Gasteiger partial charge < -0.3 is 21.1 Å². The van der Waals surface area contributed by atoms with Crippen molar-refractivity contribution in [3.05, 3.63) is 17.9 Å². The number of hydrogen-bond donors (Lipinski definition) is 3. The van der Waals surface area contributed by atoms with Crippen molar-refractivity contribution >= 4 is 17.3 Å². The SMILES string of the molecule is CCOc1cc(NC(C)C(=O)NCC(C)C)c(N)cc1F. The number of halogens is 1. The molecule has 0 aliphatic carbocycles. The average molecular weight is 297 g/mol. The highest BCUT2D eigenvalue weighted by Gasteiger charge is 2.16. The molecule has 5 nitrogen and oxygen atoms in total. The van der Waals surface area contributed by atoms with Crippen LogP contribution in [0.4, 0.5) is 15.8 Å². The molecule has 0 radical (unpaired) electrons. The number of anilines is 2. The molecule has 0 fully saturated rings. The number of carbonyl (C=O) groups is 1. The van der Waals surface area contributed by atoms with E-state index in [1.165, 1.54) is 12.1 Å². The van der Waals surface area contributed by atoms with Gasteiger partial charge in [0.1, 0.15) is 6.04 Å². The number of amides is 1. The topological polar surface area (TPSA) is 76.4 Å². The Hall–Kier alpha value is -1.98. The zero-order chi connectivity index (χ0) is 16.0. The van der Waals surface area contributed by atoms with Gasteiger partial charge in [0.15, 0.2) is 11.6 Å². The number of ether oxygens (including phenoxy) is 1. The molecule has 6 heteroatoms. The molecule has 0 aliphatic heterocycles. The molecule has 0 heterocycles. The molecule has 21 heavy (non-hydrogen) atoms. The van der Waals surface area contributed by atoms with Crippen LogP contribution in [0.15, 0.2) is 12.1 Å². The molecule has 0 aliphatic rings. The third-order valence-corrected chi connectivity index (χ3v) is 2.85. The van der Waals surface area contributed by atoms with Crippen molar-refractivity contribution in [2.75, 3.05) is 24.2 Å². The molecular formula is C15H24FN3O2. The molecule has 0 spiro atoms. The van der Waals surface area contributed by atoms with Gasteiger partial charge in [0.05, 0.1) is 18.0 Å². The number of rotatable bonds is 7. The normalized spacial score (nSPS) is 12.1. The summed E-state index contributed by atoms with van der Waals surface area (Å²) in [5, 5.41) is 5.80. The molecule has 1 aromatic rings. The van der Waals surface area contributed by atoms with Gasteiger partial charge in [-0.2, -0.15) is 0 Å². The molecule has 1 aromatic carbocycles. The van der Waals surface area contributed by atoms with Crippen LogP contribution in [-0.4, -0.2) is 25.1 Å². The third kappa shape index (κ3) is 5.13. The lowest BCUT2D eigenvalue weighted by atomic mass is 10.2. The maximum atomic E-state index is 13.6. The molecule has 0 saturated carbocycles. The number of nitrogens with two attached hydrogens (primary N) is 1. The lowest BCUT2D eigenvalue weighted by molar-refractivity contribution is -0.121. The van der Waals surface area contributed by atoms with Crippen LogP contribution in [-0.2, 0) is 4.79 Å². The maximum Gasteiger partial charge on any atom is 0.242 e. The van der Waals surface area contributed by atoms with Crippen molar-refractivity contribution in [3.63, 3.8) is 0 Å². The van der Waals surface area contributed by atoms with Gasteiger partial charge in [-0.15, -0.1) is 0 Å². The maximum absolute atomic E-state index is 13.6. The number of carbonyl (C=O) groups excluding carboxylic acids is 1. The summed E-state index contributed by atoms with van der Waals surface area (Å²) in [4.78, 5) is 11.9. The smallest absolute Gasteiger partial charge is 0.242 e. The molecule has 118 valence electrons. The van der Waals surface area contributed by atoms with Gasteiger partial charge in [0.2, 0.25) is 5.91 Å². The fourth-order valence-electron chi connectivity index (χ4n) is 1.72. The zero-order valence-electron chi connectivity index (χ0n) is 13.0. The molecule has 1 rings (SSSR count). The number of nitrogens with one attached hydrogen (secondary N) is 2.